The van der Waals surface area contributed by atoms with Gasteiger partial charge in [-0.3, -0.25) is 0 Å². The first-order valence-corrected chi connectivity index (χ1v) is 8.15. The van der Waals surface area contributed by atoms with Gasteiger partial charge in [-0.2, -0.15) is 13.2 Å². The SMILES string of the molecule is CC1(C)CN(C(=O)NCc2cccc3c2OCO3)CC[C@@H]1C(F)(F)F. The number of fused-ring (bicyclic) bond motifs is 1. The lowest BCUT2D eigenvalue weighted by Gasteiger charge is -2.44. The van der Waals surface area contributed by atoms with Gasteiger partial charge in [0.2, 0.25) is 6.79 Å². The summed E-state index contributed by atoms with van der Waals surface area (Å²) in [4.78, 5) is 13.8. The highest BCUT2D eigenvalue weighted by molar-refractivity contribution is 5.74. The summed E-state index contributed by atoms with van der Waals surface area (Å²) >= 11 is 0. The van der Waals surface area contributed by atoms with Crippen LogP contribution in [0.5, 0.6) is 11.5 Å². The number of carbonyl (C=O) groups excluding carboxylic acids is 1. The van der Waals surface area contributed by atoms with E-state index in [0.29, 0.717) is 11.5 Å². The van der Waals surface area contributed by atoms with Crippen LogP contribution in [0.4, 0.5) is 18.0 Å². The van der Waals surface area contributed by atoms with Crippen LogP contribution in [0.25, 0.3) is 0 Å². The Bertz CT molecular complexity index is 661. The number of amides is 2. The molecule has 2 aliphatic rings. The molecule has 1 fully saturated rings. The second-order valence-electron chi connectivity index (χ2n) is 7.10. The third-order valence-corrected chi connectivity index (χ3v) is 4.82. The smallest absolute Gasteiger partial charge is 0.392 e. The first-order chi connectivity index (χ1) is 11.7. The number of carbonyl (C=O) groups is 1. The van der Waals surface area contributed by atoms with Crippen LogP contribution < -0.4 is 14.8 Å². The van der Waals surface area contributed by atoms with E-state index in [1.807, 2.05) is 6.07 Å². The van der Waals surface area contributed by atoms with Crippen LogP contribution in [0.3, 0.4) is 0 Å². The van der Waals surface area contributed by atoms with E-state index in [1.165, 1.54) is 4.90 Å². The summed E-state index contributed by atoms with van der Waals surface area (Å²) in [5.74, 6) is -0.176. The van der Waals surface area contributed by atoms with Crippen LogP contribution in [0, 0.1) is 11.3 Å². The molecular formula is C17H21F3N2O3. The molecule has 0 bridgehead atoms. The van der Waals surface area contributed by atoms with E-state index in [1.54, 1.807) is 26.0 Å². The van der Waals surface area contributed by atoms with Crippen LogP contribution in [0.1, 0.15) is 25.8 Å². The van der Waals surface area contributed by atoms with E-state index < -0.39 is 17.5 Å². The average molecular weight is 358 g/mol. The van der Waals surface area contributed by atoms with Crippen molar-refractivity contribution in [2.75, 3.05) is 19.9 Å². The van der Waals surface area contributed by atoms with E-state index in [4.69, 9.17) is 9.47 Å². The van der Waals surface area contributed by atoms with Gasteiger partial charge in [0.25, 0.3) is 0 Å². The summed E-state index contributed by atoms with van der Waals surface area (Å²) in [5.41, 5.74) is -0.244. The molecule has 5 nitrogen and oxygen atoms in total. The van der Waals surface area contributed by atoms with Gasteiger partial charge in [-0.15, -0.1) is 0 Å². The summed E-state index contributed by atoms with van der Waals surface area (Å²) in [7, 11) is 0. The molecule has 0 saturated carbocycles. The molecule has 2 aliphatic heterocycles. The molecule has 0 unspecified atom stereocenters. The third-order valence-electron chi connectivity index (χ3n) is 4.82. The molecule has 1 atom stereocenters. The second-order valence-corrected chi connectivity index (χ2v) is 7.10. The number of nitrogens with one attached hydrogen (secondary N) is 1. The van der Waals surface area contributed by atoms with Gasteiger partial charge in [0, 0.05) is 25.2 Å². The summed E-state index contributed by atoms with van der Waals surface area (Å²) in [6, 6.07) is 5.02. The largest absolute Gasteiger partial charge is 0.454 e. The Balaban J connectivity index is 1.61. The number of halogens is 3. The minimum Gasteiger partial charge on any atom is -0.454 e. The Morgan fingerprint density at radius 1 is 1.36 bits per heavy atom. The summed E-state index contributed by atoms with van der Waals surface area (Å²) < 4.78 is 50.0. The van der Waals surface area contributed by atoms with Crippen LogP contribution >= 0.6 is 0 Å². The molecule has 0 radical (unpaired) electrons. The Labute approximate surface area is 144 Å². The van der Waals surface area contributed by atoms with Gasteiger partial charge >= 0.3 is 12.2 Å². The van der Waals surface area contributed by atoms with Crippen molar-refractivity contribution < 1.29 is 27.4 Å². The number of rotatable bonds is 2. The lowest BCUT2D eigenvalue weighted by atomic mass is 9.73. The first-order valence-electron chi connectivity index (χ1n) is 8.15. The van der Waals surface area contributed by atoms with Crippen LogP contribution in [-0.2, 0) is 6.54 Å². The van der Waals surface area contributed by atoms with Crippen molar-refractivity contribution in [3.8, 4) is 11.5 Å². The van der Waals surface area contributed by atoms with Crippen LogP contribution in [0.15, 0.2) is 18.2 Å². The molecule has 1 N–H and O–H groups in total. The monoisotopic (exact) mass is 358 g/mol. The third kappa shape index (κ3) is 3.62. The number of benzene rings is 1. The average Bonchev–Trinajstić information content (AvgIpc) is 2.99. The zero-order valence-electron chi connectivity index (χ0n) is 14.2. The molecule has 2 amide bonds. The zero-order chi connectivity index (χ0) is 18.2. The normalized spacial score (nSPS) is 22.0. The number of piperidine rings is 1. The summed E-state index contributed by atoms with van der Waals surface area (Å²) in [6.45, 7) is 3.63. The number of para-hydroxylation sites is 1. The molecule has 1 saturated heterocycles. The number of alkyl halides is 3. The molecular weight excluding hydrogens is 337 g/mol. The Morgan fingerprint density at radius 2 is 2.12 bits per heavy atom. The van der Waals surface area contributed by atoms with Crippen molar-refractivity contribution in [1.29, 1.82) is 0 Å². The number of nitrogens with zero attached hydrogens (tertiary/aromatic N) is 1. The fourth-order valence-corrected chi connectivity index (χ4v) is 3.55. The molecule has 3 rings (SSSR count). The first kappa shape index (κ1) is 17.7. The van der Waals surface area contributed by atoms with Gasteiger partial charge in [-0.05, 0) is 17.9 Å². The van der Waals surface area contributed by atoms with E-state index in [-0.39, 0.29) is 38.9 Å². The van der Waals surface area contributed by atoms with E-state index in [0.717, 1.165) is 5.56 Å². The Kier molecular flexibility index (Phi) is 4.47. The van der Waals surface area contributed by atoms with Crippen LogP contribution in [-0.4, -0.2) is 37.0 Å². The zero-order valence-corrected chi connectivity index (χ0v) is 14.2. The molecule has 8 heteroatoms. The molecule has 138 valence electrons. The standard InChI is InChI=1S/C17H21F3N2O3/c1-16(2)9-22(7-6-13(16)17(18,19)20)15(23)21-8-11-4-3-5-12-14(11)25-10-24-12/h3-5,13H,6-10H2,1-2H3,(H,21,23)/t13-/m0/s1. The topological polar surface area (TPSA) is 50.8 Å². The highest BCUT2D eigenvalue weighted by Gasteiger charge is 2.51. The van der Waals surface area contributed by atoms with Gasteiger partial charge in [0.15, 0.2) is 11.5 Å². The maximum Gasteiger partial charge on any atom is 0.392 e. The fraction of sp³-hybridized carbons (Fsp3) is 0.588. The van der Waals surface area contributed by atoms with E-state index in [9.17, 15) is 18.0 Å². The number of hydrogen-bond donors (Lipinski definition) is 1. The molecule has 2 heterocycles. The molecule has 0 aromatic heterocycles. The second kappa shape index (κ2) is 6.31. The van der Waals surface area contributed by atoms with Gasteiger partial charge in [0.1, 0.15) is 0 Å². The molecule has 0 aliphatic carbocycles. The summed E-state index contributed by atoms with van der Waals surface area (Å²) in [5, 5.41) is 2.76. The van der Waals surface area contributed by atoms with Crippen molar-refractivity contribution in [1.82, 2.24) is 10.2 Å². The number of ether oxygens (including phenoxy) is 2. The van der Waals surface area contributed by atoms with Gasteiger partial charge in [0.05, 0.1) is 5.92 Å². The van der Waals surface area contributed by atoms with Crippen molar-refractivity contribution in [2.24, 2.45) is 11.3 Å². The lowest BCUT2D eigenvalue weighted by Crippen LogP contribution is -2.54. The minimum atomic E-state index is -4.24. The predicted molar refractivity (Wildman–Crippen MR) is 84.3 cm³/mol. The van der Waals surface area contributed by atoms with Gasteiger partial charge in [-0.1, -0.05) is 26.0 Å². The highest BCUT2D eigenvalue weighted by Crippen LogP contribution is 2.45. The maximum absolute atomic E-state index is 13.1. The minimum absolute atomic E-state index is 0.0650. The predicted octanol–water partition coefficient (Wildman–Crippen LogP) is 3.54. The molecule has 1 aromatic rings. The maximum atomic E-state index is 13.1. The van der Waals surface area contributed by atoms with Crippen molar-refractivity contribution in [2.45, 2.75) is 33.0 Å². The molecule has 1 aromatic carbocycles. The lowest BCUT2D eigenvalue weighted by molar-refractivity contribution is -0.214. The Hall–Kier alpha value is -2.12. The number of likely N-dealkylation sites (tertiary alicyclic amines) is 1. The van der Waals surface area contributed by atoms with Crippen molar-refractivity contribution in [3.63, 3.8) is 0 Å². The Morgan fingerprint density at radius 3 is 2.80 bits per heavy atom. The van der Waals surface area contributed by atoms with Gasteiger partial charge < -0.3 is 19.7 Å². The van der Waals surface area contributed by atoms with Gasteiger partial charge in [-0.25, -0.2) is 4.79 Å². The number of urea groups is 1. The van der Waals surface area contributed by atoms with Crippen molar-refractivity contribution >= 4 is 6.03 Å². The van der Waals surface area contributed by atoms with E-state index >= 15 is 0 Å². The van der Waals surface area contributed by atoms with Crippen molar-refractivity contribution in [3.05, 3.63) is 23.8 Å². The van der Waals surface area contributed by atoms with E-state index in [2.05, 4.69) is 5.32 Å². The summed E-state index contributed by atoms with van der Waals surface area (Å²) in [6.07, 6.45) is -4.32. The fourth-order valence-electron chi connectivity index (χ4n) is 3.55. The highest BCUT2D eigenvalue weighted by atomic mass is 19.4. The molecule has 0 spiro atoms. The molecule has 25 heavy (non-hydrogen) atoms. The van der Waals surface area contributed by atoms with Crippen LogP contribution in [0.2, 0.25) is 0 Å². The number of hydrogen-bond acceptors (Lipinski definition) is 3. The quantitative estimate of drug-likeness (QED) is 0.880.